The van der Waals surface area contributed by atoms with Crippen LogP contribution in [0.15, 0.2) is 12.1 Å². The molecule has 0 aromatic carbocycles. The van der Waals surface area contributed by atoms with E-state index in [-0.39, 0.29) is 5.88 Å². The minimum atomic E-state index is 0.0195. The van der Waals surface area contributed by atoms with E-state index >= 15 is 0 Å². The van der Waals surface area contributed by atoms with Crippen molar-refractivity contribution in [3.05, 3.63) is 18.5 Å². The second kappa shape index (κ2) is 2.48. The average Bonchev–Trinajstić information content (AvgIpc) is 2.46. The first-order valence-electron chi connectivity index (χ1n) is 3.75. The molecule has 4 nitrogen and oxygen atoms in total. The van der Waals surface area contributed by atoms with E-state index in [2.05, 4.69) is 16.3 Å². The zero-order chi connectivity index (χ0) is 8.55. The number of rotatable bonds is 1. The molecule has 0 aliphatic rings. The van der Waals surface area contributed by atoms with Crippen molar-refractivity contribution in [2.45, 2.75) is 13.5 Å². The van der Waals surface area contributed by atoms with E-state index in [1.807, 2.05) is 6.92 Å². The molecule has 2 heterocycles. The Hall–Kier alpha value is -1.58. The van der Waals surface area contributed by atoms with Gasteiger partial charge in [-0.1, -0.05) is 0 Å². The van der Waals surface area contributed by atoms with Crippen LogP contribution in [0.3, 0.4) is 0 Å². The number of hydrogen-bond donors (Lipinski definition) is 1. The molecule has 1 N–H and O–H groups in total. The third-order valence-electron chi connectivity index (χ3n) is 1.70. The van der Waals surface area contributed by atoms with Gasteiger partial charge in [0.25, 0.3) is 0 Å². The van der Waals surface area contributed by atoms with Crippen LogP contribution < -0.4 is 0 Å². The van der Waals surface area contributed by atoms with Gasteiger partial charge in [0.05, 0.1) is 0 Å². The molecule has 12 heavy (non-hydrogen) atoms. The molecule has 0 atom stereocenters. The number of hydrogen-bond acceptors (Lipinski definition) is 3. The van der Waals surface area contributed by atoms with Crippen molar-refractivity contribution < 1.29 is 5.11 Å². The van der Waals surface area contributed by atoms with Gasteiger partial charge < -0.3 is 9.67 Å². The highest BCUT2D eigenvalue weighted by Gasteiger charge is 2.02. The molecular formula is C8H8N3O. The van der Waals surface area contributed by atoms with Gasteiger partial charge in [-0.2, -0.15) is 4.98 Å². The molecule has 0 saturated carbocycles. The zero-order valence-corrected chi connectivity index (χ0v) is 6.65. The maximum atomic E-state index is 9.10. The fourth-order valence-electron chi connectivity index (χ4n) is 1.10. The van der Waals surface area contributed by atoms with Crippen LogP contribution in [0, 0.1) is 6.33 Å². The summed E-state index contributed by atoms with van der Waals surface area (Å²) in [7, 11) is 0. The molecule has 4 heteroatoms. The Morgan fingerprint density at radius 1 is 1.58 bits per heavy atom. The Kier molecular flexibility index (Phi) is 1.46. The average molecular weight is 162 g/mol. The largest absolute Gasteiger partial charge is 0.493 e. The fraction of sp³-hybridized carbons (Fsp3) is 0.250. The van der Waals surface area contributed by atoms with Gasteiger partial charge in [0.2, 0.25) is 5.88 Å². The van der Waals surface area contributed by atoms with Crippen molar-refractivity contribution in [2.75, 3.05) is 0 Å². The molecular weight excluding hydrogens is 154 g/mol. The van der Waals surface area contributed by atoms with Crippen molar-refractivity contribution in [1.82, 2.24) is 14.5 Å². The summed E-state index contributed by atoms with van der Waals surface area (Å²) in [4.78, 5) is 7.93. The first-order chi connectivity index (χ1) is 5.81. The number of pyridine rings is 1. The monoisotopic (exact) mass is 162 g/mol. The van der Waals surface area contributed by atoms with Crippen molar-refractivity contribution in [3.63, 3.8) is 0 Å². The van der Waals surface area contributed by atoms with Gasteiger partial charge in [0, 0.05) is 12.6 Å². The Morgan fingerprint density at radius 3 is 3.17 bits per heavy atom. The molecule has 0 amide bonds. The Bertz CT molecular complexity index is 408. The molecule has 2 aromatic rings. The summed E-state index contributed by atoms with van der Waals surface area (Å²) in [5.41, 5.74) is 1.44. The van der Waals surface area contributed by atoms with Crippen LogP contribution in [0.25, 0.3) is 11.2 Å². The Balaban J connectivity index is 2.75. The lowest BCUT2D eigenvalue weighted by molar-refractivity contribution is 0.455. The van der Waals surface area contributed by atoms with Crippen LogP contribution in [0.5, 0.6) is 5.88 Å². The standard InChI is InChI=1S/C8H8N3O/c1-2-11-5-9-6-3-4-7(12)10-8(6)11/h3-4H,2H2,1H3,(H,10,12). The summed E-state index contributed by atoms with van der Waals surface area (Å²) >= 11 is 0. The van der Waals surface area contributed by atoms with E-state index in [1.165, 1.54) is 6.07 Å². The summed E-state index contributed by atoms with van der Waals surface area (Å²) in [6, 6.07) is 3.24. The molecule has 0 aliphatic heterocycles. The van der Waals surface area contributed by atoms with E-state index < -0.39 is 0 Å². The third-order valence-corrected chi connectivity index (χ3v) is 1.70. The van der Waals surface area contributed by atoms with Gasteiger partial charge >= 0.3 is 0 Å². The fourth-order valence-corrected chi connectivity index (χ4v) is 1.10. The molecule has 61 valence electrons. The van der Waals surface area contributed by atoms with E-state index in [4.69, 9.17) is 5.11 Å². The molecule has 0 fully saturated rings. The van der Waals surface area contributed by atoms with Crippen molar-refractivity contribution in [2.24, 2.45) is 0 Å². The van der Waals surface area contributed by atoms with Crippen LogP contribution >= 0.6 is 0 Å². The Labute approximate surface area is 69.5 Å². The van der Waals surface area contributed by atoms with Crippen molar-refractivity contribution >= 4 is 11.2 Å². The van der Waals surface area contributed by atoms with E-state index in [9.17, 15) is 0 Å². The second-order valence-corrected chi connectivity index (χ2v) is 2.47. The van der Waals surface area contributed by atoms with Gasteiger partial charge in [0.1, 0.15) is 5.52 Å². The van der Waals surface area contributed by atoms with Crippen LogP contribution in [0.1, 0.15) is 6.92 Å². The van der Waals surface area contributed by atoms with Gasteiger partial charge in [0.15, 0.2) is 12.0 Å². The van der Waals surface area contributed by atoms with Crippen LogP contribution in [-0.4, -0.2) is 19.6 Å². The Morgan fingerprint density at radius 2 is 2.42 bits per heavy atom. The number of fused-ring (bicyclic) bond motifs is 1. The van der Waals surface area contributed by atoms with E-state index in [1.54, 1.807) is 10.6 Å². The number of aromatic hydroxyl groups is 1. The van der Waals surface area contributed by atoms with Crippen LogP contribution in [0.4, 0.5) is 0 Å². The molecule has 0 unspecified atom stereocenters. The molecule has 2 rings (SSSR count). The van der Waals surface area contributed by atoms with E-state index in [0.29, 0.717) is 5.65 Å². The van der Waals surface area contributed by atoms with Crippen molar-refractivity contribution in [1.29, 1.82) is 0 Å². The summed E-state index contributed by atoms with van der Waals surface area (Å²) in [6.45, 7) is 2.73. The first-order valence-corrected chi connectivity index (χ1v) is 3.75. The molecule has 2 aromatic heterocycles. The normalized spacial score (nSPS) is 10.8. The topological polar surface area (TPSA) is 50.9 Å². The van der Waals surface area contributed by atoms with Gasteiger partial charge in [-0.05, 0) is 13.0 Å². The highest BCUT2D eigenvalue weighted by Crippen LogP contribution is 2.13. The summed E-state index contributed by atoms with van der Waals surface area (Å²) in [6.07, 6.45) is 2.78. The molecule has 0 spiro atoms. The molecule has 0 bridgehead atoms. The maximum Gasteiger partial charge on any atom is 0.212 e. The lowest BCUT2D eigenvalue weighted by Crippen LogP contribution is -1.92. The number of imidazole rings is 1. The van der Waals surface area contributed by atoms with Gasteiger partial charge in [-0.25, -0.2) is 4.98 Å². The second-order valence-electron chi connectivity index (χ2n) is 2.47. The van der Waals surface area contributed by atoms with Gasteiger partial charge in [-0.15, -0.1) is 0 Å². The first kappa shape index (κ1) is 7.09. The molecule has 0 aliphatic carbocycles. The predicted octanol–water partition coefficient (Wildman–Crippen LogP) is 0.957. The zero-order valence-electron chi connectivity index (χ0n) is 6.65. The predicted molar refractivity (Wildman–Crippen MR) is 43.7 cm³/mol. The van der Waals surface area contributed by atoms with Crippen LogP contribution in [0.2, 0.25) is 0 Å². The minimum absolute atomic E-state index is 0.0195. The number of aromatic nitrogens is 3. The van der Waals surface area contributed by atoms with E-state index in [0.717, 1.165) is 12.1 Å². The highest BCUT2D eigenvalue weighted by atomic mass is 16.3. The molecule has 0 saturated heterocycles. The number of aryl methyl sites for hydroxylation is 1. The summed E-state index contributed by atoms with van der Waals surface area (Å²) in [5, 5.41) is 9.10. The quantitative estimate of drug-likeness (QED) is 0.679. The SMILES string of the molecule is CCn1[c]nc2ccc(O)nc21. The summed E-state index contributed by atoms with van der Waals surface area (Å²) in [5.74, 6) is 0.0195. The smallest absolute Gasteiger partial charge is 0.212 e. The minimum Gasteiger partial charge on any atom is -0.493 e. The highest BCUT2D eigenvalue weighted by molar-refractivity contribution is 5.70. The lowest BCUT2D eigenvalue weighted by Gasteiger charge is -1.96. The summed E-state index contributed by atoms with van der Waals surface area (Å²) < 4.78 is 1.76. The van der Waals surface area contributed by atoms with Gasteiger partial charge in [-0.3, -0.25) is 0 Å². The maximum absolute atomic E-state index is 9.10. The van der Waals surface area contributed by atoms with Crippen molar-refractivity contribution in [3.8, 4) is 5.88 Å². The van der Waals surface area contributed by atoms with Crippen LogP contribution in [-0.2, 0) is 6.54 Å². The third kappa shape index (κ3) is 0.922. The molecule has 1 radical (unpaired) electrons. The number of nitrogens with zero attached hydrogens (tertiary/aromatic N) is 3. The lowest BCUT2D eigenvalue weighted by atomic mass is 10.4.